The number of hydrogen-bond acceptors (Lipinski definition) is 4. The third-order valence-electron chi connectivity index (χ3n) is 4.80. The lowest BCUT2D eigenvalue weighted by atomic mass is 10.0. The Kier molecular flexibility index (Phi) is 6.07. The summed E-state index contributed by atoms with van der Waals surface area (Å²) in [5.74, 6) is 1.10. The van der Waals surface area contributed by atoms with Gasteiger partial charge in [-0.3, -0.25) is 4.79 Å². The predicted molar refractivity (Wildman–Crippen MR) is 102 cm³/mol. The van der Waals surface area contributed by atoms with Crippen LogP contribution in [0.2, 0.25) is 0 Å². The number of nitrogens with one attached hydrogen (secondary N) is 3. The third kappa shape index (κ3) is 5.04. The van der Waals surface area contributed by atoms with Gasteiger partial charge >= 0.3 is 6.03 Å². The maximum atomic E-state index is 11.9. The molecule has 1 aromatic carbocycles. The molecule has 1 aromatic rings. The van der Waals surface area contributed by atoms with Gasteiger partial charge in [-0.2, -0.15) is 11.8 Å². The molecule has 7 heteroatoms. The zero-order valence-electron chi connectivity index (χ0n) is 14.3. The number of anilines is 1. The fourth-order valence-corrected chi connectivity index (χ4v) is 4.94. The minimum absolute atomic E-state index is 0.0409. The summed E-state index contributed by atoms with van der Waals surface area (Å²) in [5, 5.41) is 9.40. The first kappa shape index (κ1) is 17.9. The second kappa shape index (κ2) is 8.47. The van der Waals surface area contributed by atoms with E-state index in [1.165, 1.54) is 5.56 Å². The Bertz CT molecular complexity index is 608. The number of carbonyl (C=O) groups is 2. The first-order valence-corrected chi connectivity index (χ1v) is 9.96. The van der Waals surface area contributed by atoms with E-state index in [0.29, 0.717) is 18.2 Å². The Labute approximate surface area is 152 Å². The first-order valence-electron chi connectivity index (χ1n) is 8.91. The smallest absolute Gasteiger partial charge is 0.315 e. The second-order valence-corrected chi connectivity index (χ2v) is 7.98. The van der Waals surface area contributed by atoms with Crippen molar-refractivity contribution < 1.29 is 9.59 Å². The minimum atomic E-state index is -0.0409. The van der Waals surface area contributed by atoms with Crippen LogP contribution in [-0.2, 0) is 11.2 Å². The van der Waals surface area contributed by atoms with Gasteiger partial charge in [0.25, 0.3) is 0 Å². The number of fused-ring (bicyclic) bond motifs is 1. The van der Waals surface area contributed by atoms with E-state index >= 15 is 0 Å². The van der Waals surface area contributed by atoms with Gasteiger partial charge in [0, 0.05) is 29.7 Å². The average Bonchev–Trinajstić information content (AvgIpc) is 3.13. The molecule has 0 aliphatic carbocycles. The molecule has 5 N–H and O–H groups in total. The molecule has 136 valence electrons. The predicted octanol–water partition coefficient (Wildman–Crippen LogP) is 1.65. The quantitative estimate of drug-likeness (QED) is 0.321. The zero-order valence-corrected chi connectivity index (χ0v) is 15.1. The number of thioether (sulfide) groups is 1. The molecule has 25 heavy (non-hydrogen) atoms. The van der Waals surface area contributed by atoms with Crippen molar-refractivity contribution in [1.29, 1.82) is 0 Å². The van der Waals surface area contributed by atoms with E-state index in [1.807, 2.05) is 36.0 Å². The Hall–Kier alpha value is -1.89. The number of rotatable bonds is 8. The lowest BCUT2D eigenvalue weighted by molar-refractivity contribution is -0.121. The molecule has 2 aliphatic heterocycles. The highest BCUT2D eigenvalue weighted by Crippen LogP contribution is 2.33. The second-order valence-electron chi connectivity index (χ2n) is 6.71. The van der Waals surface area contributed by atoms with E-state index in [0.717, 1.165) is 37.1 Å². The number of amides is 3. The van der Waals surface area contributed by atoms with Gasteiger partial charge in [-0.05, 0) is 37.0 Å². The lowest BCUT2D eigenvalue weighted by Gasteiger charge is -2.16. The van der Waals surface area contributed by atoms with Crippen LogP contribution in [0.1, 0.15) is 31.2 Å². The summed E-state index contributed by atoms with van der Waals surface area (Å²) >= 11 is 1.92. The topological polar surface area (TPSA) is 96.2 Å². The Morgan fingerprint density at radius 3 is 2.84 bits per heavy atom. The molecule has 3 atom stereocenters. The number of nitrogens with two attached hydrogens (primary N) is 1. The zero-order chi connectivity index (χ0) is 17.6. The molecule has 0 saturated carbocycles. The fraction of sp³-hybridized carbons (Fsp3) is 0.556. The molecular formula is C18H26N4O2S. The average molecular weight is 362 g/mol. The standard InChI is InChI=1S/C18H26N4O2S/c19-13-7-5-12(6-8-13)9-10-20-16(23)4-2-1-3-15-17-14(11-25-15)21-18(24)22-17/h5-8,14-15,17H,1-4,9-11,19H2,(H,20,23)(H2,21,22,24). The van der Waals surface area contributed by atoms with E-state index in [-0.39, 0.29) is 24.0 Å². The van der Waals surface area contributed by atoms with Crippen molar-refractivity contribution in [2.24, 2.45) is 0 Å². The normalized spacial score (nSPS) is 24.5. The number of benzene rings is 1. The van der Waals surface area contributed by atoms with Crippen molar-refractivity contribution in [2.75, 3.05) is 18.0 Å². The highest BCUT2D eigenvalue weighted by atomic mass is 32.2. The SMILES string of the molecule is Nc1ccc(CCNC(=O)CCCCC2SCC3NC(=O)NC32)cc1. The van der Waals surface area contributed by atoms with Crippen LogP contribution in [0.4, 0.5) is 10.5 Å². The van der Waals surface area contributed by atoms with Crippen molar-refractivity contribution in [3.8, 4) is 0 Å². The fourth-order valence-electron chi connectivity index (χ4n) is 3.39. The van der Waals surface area contributed by atoms with Crippen molar-refractivity contribution in [2.45, 2.75) is 49.4 Å². The molecule has 3 unspecified atom stereocenters. The summed E-state index contributed by atoms with van der Waals surface area (Å²) in [5.41, 5.74) is 7.59. The molecule has 3 rings (SSSR count). The van der Waals surface area contributed by atoms with Gasteiger partial charge in [-0.15, -0.1) is 0 Å². The van der Waals surface area contributed by atoms with Crippen LogP contribution < -0.4 is 21.7 Å². The number of carbonyl (C=O) groups excluding carboxylic acids is 2. The molecule has 2 aliphatic rings. The van der Waals surface area contributed by atoms with Gasteiger partial charge in [-0.1, -0.05) is 18.6 Å². The van der Waals surface area contributed by atoms with Gasteiger partial charge < -0.3 is 21.7 Å². The number of hydrogen-bond donors (Lipinski definition) is 4. The largest absolute Gasteiger partial charge is 0.399 e. The maximum Gasteiger partial charge on any atom is 0.315 e. The van der Waals surface area contributed by atoms with Crippen LogP contribution in [0.3, 0.4) is 0 Å². The summed E-state index contributed by atoms with van der Waals surface area (Å²) in [6, 6.07) is 8.23. The van der Waals surface area contributed by atoms with Crippen LogP contribution >= 0.6 is 11.8 Å². The van der Waals surface area contributed by atoms with Crippen LogP contribution in [0.15, 0.2) is 24.3 Å². The van der Waals surface area contributed by atoms with Gasteiger partial charge in [0.2, 0.25) is 5.91 Å². The van der Waals surface area contributed by atoms with Crippen molar-refractivity contribution in [3.63, 3.8) is 0 Å². The minimum Gasteiger partial charge on any atom is -0.399 e. The van der Waals surface area contributed by atoms with Gasteiger partial charge in [0.05, 0.1) is 12.1 Å². The molecule has 2 saturated heterocycles. The summed E-state index contributed by atoms with van der Waals surface area (Å²) in [6.45, 7) is 0.655. The van der Waals surface area contributed by atoms with Crippen LogP contribution in [-0.4, -0.2) is 41.6 Å². The first-order chi connectivity index (χ1) is 12.1. The molecular weight excluding hydrogens is 336 g/mol. The highest BCUT2D eigenvalue weighted by molar-refractivity contribution is 8.00. The Balaban J connectivity index is 1.26. The van der Waals surface area contributed by atoms with E-state index in [9.17, 15) is 9.59 Å². The molecule has 0 bridgehead atoms. The van der Waals surface area contributed by atoms with Crippen molar-refractivity contribution in [3.05, 3.63) is 29.8 Å². The van der Waals surface area contributed by atoms with Gasteiger partial charge in [0.1, 0.15) is 0 Å². The van der Waals surface area contributed by atoms with Crippen LogP contribution in [0.25, 0.3) is 0 Å². The van der Waals surface area contributed by atoms with E-state index in [4.69, 9.17) is 5.73 Å². The molecule has 3 amide bonds. The van der Waals surface area contributed by atoms with E-state index in [1.54, 1.807) is 0 Å². The number of unbranched alkanes of at least 4 members (excludes halogenated alkanes) is 1. The Morgan fingerprint density at radius 1 is 1.24 bits per heavy atom. The van der Waals surface area contributed by atoms with Crippen LogP contribution in [0, 0.1) is 0 Å². The van der Waals surface area contributed by atoms with Crippen molar-refractivity contribution >= 4 is 29.4 Å². The summed E-state index contributed by atoms with van der Waals surface area (Å²) in [7, 11) is 0. The van der Waals surface area contributed by atoms with Crippen LogP contribution in [0.5, 0.6) is 0 Å². The lowest BCUT2D eigenvalue weighted by Crippen LogP contribution is -2.36. The number of nitrogen functional groups attached to an aromatic ring is 1. The molecule has 2 heterocycles. The maximum absolute atomic E-state index is 11.9. The molecule has 0 spiro atoms. The van der Waals surface area contributed by atoms with Gasteiger partial charge in [-0.25, -0.2) is 4.79 Å². The van der Waals surface area contributed by atoms with E-state index in [2.05, 4.69) is 16.0 Å². The molecule has 0 aromatic heterocycles. The molecule has 2 fully saturated rings. The summed E-state index contributed by atoms with van der Waals surface area (Å²) in [4.78, 5) is 23.3. The van der Waals surface area contributed by atoms with E-state index < -0.39 is 0 Å². The summed E-state index contributed by atoms with van der Waals surface area (Å²) < 4.78 is 0. The third-order valence-corrected chi connectivity index (χ3v) is 6.30. The Morgan fingerprint density at radius 2 is 2.04 bits per heavy atom. The summed E-state index contributed by atoms with van der Waals surface area (Å²) in [6.07, 6.45) is 4.34. The highest BCUT2D eigenvalue weighted by Gasteiger charge is 2.42. The van der Waals surface area contributed by atoms with Gasteiger partial charge in [0.15, 0.2) is 0 Å². The molecule has 0 radical (unpaired) electrons. The molecule has 6 nitrogen and oxygen atoms in total. The number of urea groups is 1. The monoisotopic (exact) mass is 362 g/mol. The van der Waals surface area contributed by atoms with Crippen molar-refractivity contribution in [1.82, 2.24) is 16.0 Å².